The number of aliphatic hydroxyl groups is 2. The van der Waals surface area contributed by atoms with Gasteiger partial charge in [-0.25, -0.2) is 0 Å². The first-order valence-electron chi connectivity index (χ1n) is 39.1. The molecule has 0 saturated heterocycles. The Balaban J connectivity index is 3.35. The quantitative estimate of drug-likeness (QED) is 0.0320. The molecular formula is C79H153NO5. The molecule has 2 unspecified atom stereocenters. The molecule has 0 rings (SSSR count). The van der Waals surface area contributed by atoms with Gasteiger partial charge in [0.1, 0.15) is 0 Å². The molecule has 6 nitrogen and oxygen atoms in total. The highest BCUT2D eigenvalue weighted by Crippen LogP contribution is 2.20. The summed E-state index contributed by atoms with van der Waals surface area (Å²) in [6.45, 7) is 4.94. The number of allylic oxidation sites excluding steroid dienone is 3. The molecule has 2 atom stereocenters. The summed E-state index contributed by atoms with van der Waals surface area (Å²) in [4.78, 5) is 24.6. The third kappa shape index (κ3) is 71.3. The van der Waals surface area contributed by atoms with Gasteiger partial charge < -0.3 is 20.3 Å². The lowest BCUT2D eigenvalue weighted by atomic mass is 10.0. The fourth-order valence-corrected chi connectivity index (χ4v) is 12.5. The van der Waals surface area contributed by atoms with Crippen LogP contribution in [-0.2, 0) is 14.3 Å². The Bertz CT molecular complexity index is 1330. The Kier molecular flexibility index (Phi) is 73.3. The third-order valence-corrected chi connectivity index (χ3v) is 18.5. The summed E-state index contributed by atoms with van der Waals surface area (Å²) in [5.74, 6) is -0.0458. The van der Waals surface area contributed by atoms with E-state index in [2.05, 4.69) is 31.3 Å². The van der Waals surface area contributed by atoms with E-state index in [1.54, 1.807) is 6.08 Å². The van der Waals surface area contributed by atoms with Gasteiger partial charge in [0.25, 0.3) is 0 Å². The van der Waals surface area contributed by atoms with Crippen molar-refractivity contribution in [1.29, 1.82) is 0 Å². The van der Waals surface area contributed by atoms with Gasteiger partial charge in [0.15, 0.2) is 0 Å². The Hall–Kier alpha value is -1.66. The molecule has 1 amide bonds. The van der Waals surface area contributed by atoms with Gasteiger partial charge in [-0.1, -0.05) is 398 Å². The Morgan fingerprint density at radius 2 is 0.553 bits per heavy atom. The van der Waals surface area contributed by atoms with Crippen molar-refractivity contribution in [3.05, 3.63) is 24.3 Å². The van der Waals surface area contributed by atoms with E-state index in [9.17, 15) is 19.8 Å². The molecular weight excluding hydrogens is 1040 g/mol. The summed E-state index contributed by atoms with van der Waals surface area (Å²) in [5.41, 5.74) is 0. The van der Waals surface area contributed by atoms with E-state index in [1.807, 2.05) is 6.08 Å². The number of esters is 1. The zero-order valence-electron chi connectivity index (χ0n) is 57.9. The number of amides is 1. The summed E-state index contributed by atoms with van der Waals surface area (Å²) in [6.07, 6.45) is 95.8. The van der Waals surface area contributed by atoms with E-state index in [0.29, 0.717) is 19.4 Å². The molecule has 0 aliphatic rings. The van der Waals surface area contributed by atoms with Gasteiger partial charge in [-0.2, -0.15) is 0 Å². The molecule has 0 aromatic rings. The lowest BCUT2D eigenvalue weighted by molar-refractivity contribution is -0.143. The first-order chi connectivity index (χ1) is 42.0. The minimum absolute atomic E-state index is 0.0125. The van der Waals surface area contributed by atoms with Crippen LogP contribution in [-0.4, -0.2) is 47.4 Å². The number of unbranched alkanes of at least 4 members (excludes halogenated alkanes) is 61. The molecule has 0 fully saturated rings. The van der Waals surface area contributed by atoms with Crippen LogP contribution in [0.2, 0.25) is 0 Å². The van der Waals surface area contributed by atoms with E-state index in [1.165, 1.54) is 372 Å². The van der Waals surface area contributed by atoms with E-state index in [0.717, 1.165) is 44.9 Å². The minimum atomic E-state index is -0.842. The summed E-state index contributed by atoms with van der Waals surface area (Å²) < 4.78 is 5.49. The molecule has 504 valence electrons. The number of hydrogen-bond acceptors (Lipinski definition) is 5. The first-order valence-corrected chi connectivity index (χ1v) is 39.1. The van der Waals surface area contributed by atoms with Crippen LogP contribution in [0.1, 0.15) is 444 Å². The lowest BCUT2D eigenvalue weighted by Crippen LogP contribution is -2.45. The summed E-state index contributed by atoms with van der Waals surface area (Å²) in [5, 5.41) is 23.3. The van der Waals surface area contributed by atoms with Crippen molar-refractivity contribution < 1.29 is 24.5 Å². The molecule has 85 heavy (non-hydrogen) atoms. The summed E-state index contributed by atoms with van der Waals surface area (Å²) >= 11 is 0. The van der Waals surface area contributed by atoms with E-state index in [4.69, 9.17) is 4.74 Å². The molecule has 0 aromatic carbocycles. The van der Waals surface area contributed by atoms with Gasteiger partial charge in [0, 0.05) is 12.8 Å². The molecule has 3 N–H and O–H groups in total. The lowest BCUT2D eigenvalue weighted by Gasteiger charge is -2.20. The normalized spacial score (nSPS) is 12.6. The number of rotatable bonds is 74. The van der Waals surface area contributed by atoms with Crippen molar-refractivity contribution in [1.82, 2.24) is 5.32 Å². The third-order valence-electron chi connectivity index (χ3n) is 18.5. The zero-order valence-corrected chi connectivity index (χ0v) is 57.9. The molecule has 0 saturated carbocycles. The molecule has 6 heteroatoms. The van der Waals surface area contributed by atoms with E-state index < -0.39 is 12.1 Å². The van der Waals surface area contributed by atoms with E-state index >= 15 is 0 Å². The second kappa shape index (κ2) is 74.8. The predicted octanol–water partition coefficient (Wildman–Crippen LogP) is 25.7. The molecule has 0 heterocycles. The van der Waals surface area contributed by atoms with Crippen molar-refractivity contribution >= 4 is 11.9 Å². The number of hydrogen-bond donors (Lipinski definition) is 3. The van der Waals surface area contributed by atoms with Crippen molar-refractivity contribution in [2.24, 2.45) is 0 Å². The van der Waals surface area contributed by atoms with Crippen LogP contribution in [0.4, 0.5) is 0 Å². The fraction of sp³-hybridized carbons (Fsp3) is 0.924. The zero-order chi connectivity index (χ0) is 61.3. The standard InChI is InChI=1S/C79H153NO5/c1-3-5-7-9-11-13-15-17-18-19-20-21-32-35-38-41-44-48-51-55-59-63-67-71-77(82)76(75-81)80-78(83)72-68-64-60-56-52-49-45-42-39-36-33-30-28-26-24-22-23-25-27-29-31-34-37-40-43-46-50-54-58-62-66-70-74-85-79(84)73-69-65-61-57-53-47-16-14-12-10-8-6-4-2/h14,16,67,71,76-77,81-82H,3-13,15,17-66,68-70,72-75H2,1-2H3,(H,80,83)/b16-14-,71-67+. The van der Waals surface area contributed by atoms with Crippen LogP contribution in [0.25, 0.3) is 0 Å². The average molecular weight is 1200 g/mol. The second-order valence-corrected chi connectivity index (χ2v) is 27.0. The second-order valence-electron chi connectivity index (χ2n) is 27.0. The summed E-state index contributed by atoms with van der Waals surface area (Å²) in [7, 11) is 0. The van der Waals surface area contributed by atoms with Gasteiger partial charge >= 0.3 is 5.97 Å². The smallest absolute Gasteiger partial charge is 0.305 e. The van der Waals surface area contributed by atoms with Gasteiger partial charge in [0.05, 0.1) is 25.4 Å². The molecule has 0 spiro atoms. The Labute approximate surface area is 532 Å². The van der Waals surface area contributed by atoms with Crippen LogP contribution in [0.15, 0.2) is 24.3 Å². The van der Waals surface area contributed by atoms with Crippen LogP contribution in [0, 0.1) is 0 Å². The maximum absolute atomic E-state index is 12.5. The highest BCUT2D eigenvalue weighted by atomic mass is 16.5. The van der Waals surface area contributed by atoms with Crippen LogP contribution in [0.3, 0.4) is 0 Å². The molecule has 0 aliphatic heterocycles. The van der Waals surface area contributed by atoms with Gasteiger partial charge in [-0.05, 0) is 57.8 Å². The number of carbonyl (C=O) groups is 2. The molecule has 0 radical (unpaired) electrons. The maximum atomic E-state index is 12.5. The van der Waals surface area contributed by atoms with Gasteiger partial charge in [0.2, 0.25) is 5.91 Å². The van der Waals surface area contributed by atoms with E-state index in [-0.39, 0.29) is 18.5 Å². The topological polar surface area (TPSA) is 95.9 Å². The van der Waals surface area contributed by atoms with Crippen LogP contribution < -0.4 is 5.32 Å². The number of aliphatic hydroxyl groups excluding tert-OH is 2. The molecule has 0 aliphatic carbocycles. The maximum Gasteiger partial charge on any atom is 0.305 e. The SMILES string of the molecule is CCCCCC/C=C\CCCCCCCC(=O)OCCCCCCCCCCCCCCCCCCCCCCCCCCCCCCCCCCC(=O)NC(CO)C(O)/C=C/CCCCCCCCCCCCCCCCCCCCCCC. The fourth-order valence-electron chi connectivity index (χ4n) is 12.5. The van der Waals surface area contributed by atoms with Crippen molar-refractivity contribution in [2.45, 2.75) is 456 Å². The van der Waals surface area contributed by atoms with Gasteiger partial charge in [-0.15, -0.1) is 0 Å². The van der Waals surface area contributed by atoms with Crippen molar-refractivity contribution in [3.8, 4) is 0 Å². The molecule has 0 bridgehead atoms. The van der Waals surface area contributed by atoms with Crippen molar-refractivity contribution in [3.63, 3.8) is 0 Å². The largest absolute Gasteiger partial charge is 0.466 e. The Morgan fingerprint density at radius 3 is 0.847 bits per heavy atom. The number of ether oxygens (including phenoxy) is 1. The Morgan fingerprint density at radius 1 is 0.318 bits per heavy atom. The van der Waals surface area contributed by atoms with Crippen LogP contribution >= 0.6 is 0 Å². The molecule has 0 aromatic heterocycles. The summed E-state index contributed by atoms with van der Waals surface area (Å²) in [6, 6.07) is -0.625. The van der Waals surface area contributed by atoms with Gasteiger partial charge in [-0.3, -0.25) is 9.59 Å². The minimum Gasteiger partial charge on any atom is -0.466 e. The number of carbonyl (C=O) groups excluding carboxylic acids is 2. The number of nitrogens with one attached hydrogen (secondary N) is 1. The van der Waals surface area contributed by atoms with Crippen LogP contribution in [0.5, 0.6) is 0 Å². The highest BCUT2D eigenvalue weighted by molar-refractivity contribution is 5.76. The predicted molar refractivity (Wildman–Crippen MR) is 375 cm³/mol. The van der Waals surface area contributed by atoms with Crippen molar-refractivity contribution in [2.75, 3.05) is 13.2 Å². The highest BCUT2D eigenvalue weighted by Gasteiger charge is 2.18. The first kappa shape index (κ1) is 83.3. The average Bonchev–Trinajstić information content (AvgIpc) is 3.51. The monoisotopic (exact) mass is 1200 g/mol.